The summed E-state index contributed by atoms with van der Waals surface area (Å²) in [5.41, 5.74) is -1.11. The van der Waals surface area contributed by atoms with E-state index in [-0.39, 0.29) is 23.7 Å². The van der Waals surface area contributed by atoms with Crippen molar-refractivity contribution >= 4 is 21.7 Å². The summed E-state index contributed by atoms with van der Waals surface area (Å²) in [4.78, 5) is 11.7. The summed E-state index contributed by atoms with van der Waals surface area (Å²) < 4.78 is 67.1. The van der Waals surface area contributed by atoms with Crippen LogP contribution in [0.3, 0.4) is 0 Å². The first kappa shape index (κ1) is 20.0. The van der Waals surface area contributed by atoms with Gasteiger partial charge in [0.05, 0.1) is 18.4 Å². The van der Waals surface area contributed by atoms with Gasteiger partial charge in [-0.3, -0.25) is 0 Å². The van der Waals surface area contributed by atoms with E-state index in [1.165, 1.54) is 27.3 Å². The predicted molar refractivity (Wildman–Crippen MR) is 82.5 cm³/mol. The molecule has 0 aromatic heterocycles. The highest BCUT2D eigenvalue weighted by atomic mass is 32.2. The molecule has 0 atom stereocenters. The van der Waals surface area contributed by atoms with Gasteiger partial charge in [0.1, 0.15) is 5.75 Å². The fraction of sp³-hybridized carbons (Fsp3) is 0.462. The fourth-order valence-corrected chi connectivity index (χ4v) is 2.33. The lowest BCUT2D eigenvalue weighted by Crippen LogP contribution is -2.36. The molecule has 0 heterocycles. The number of ether oxygens (including phenoxy) is 1. The zero-order valence-electron chi connectivity index (χ0n) is 13.3. The van der Waals surface area contributed by atoms with E-state index >= 15 is 0 Å². The standard InChI is InChI=1S/C13H18F3N3O4S/c1-19(2)24(21,22)5-4-17-12(20)18-10-6-9(13(14,15)16)7-11(8-10)23-3/h6-8H,4-5H2,1-3H3,(H2,17,18,20). The van der Waals surface area contributed by atoms with E-state index in [1.807, 2.05) is 0 Å². The minimum absolute atomic E-state index is 0.0738. The van der Waals surface area contributed by atoms with Crippen molar-refractivity contribution in [2.24, 2.45) is 0 Å². The Morgan fingerprint density at radius 3 is 2.38 bits per heavy atom. The first-order valence-electron chi connectivity index (χ1n) is 6.67. The molecule has 24 heavy (non-hydrogen) atoms. The Morgan fingerprint density at radius 2 is 1.88 bits per heavy atom. The zero-order chi connectivity index (χ0) is 18.5. The van der Waals surface area contributed by atoms with Gasteiger partial charge in [-0.2, -0.15) is 13.2 Å². The van der Waals surface area contributed by atoms with Crippen LogP contribution < -0.4 is 15.4 Å². The summed E-state index contributed by atoms with van der Waals surface area (Å²) >= 11 is 0. The van der Waals surface area contributed by atoms with Crippen LogP contribution in [0.2, 0.25) is 0 Å². The second-order valence-corrected chi connectivity index (χ2v) is 7.23. The Labute approximate surface area is 137 Å². The topological polar surface area (TPSA) is 87.7 Å². The summed E-state index contributed by atoms with van der Waals surface area (Å²) in [6.07, 6.45) is -4.60. The van der Waals surface area contributed by atoms with Crippen LogP contribution in [-0.4, -0.2) is 52.3 Å². The number of anilines is 1. The molecule has 11 heteroatoms. The number of carbonyl (C=O) groups excluding carboxylic acids is 1. The molecular weight excluding hydrogens is 351 g/mol. The molecule has 0 bridgehead atoms. The van der Waals surface area contributed by atoms with Crippen LogP contribution in [0, 0.1) is 0 Å². The molecule has 0 fully saturated rings. The summed E-state index contributed by atoms with van der Waals surface area (Å²) in [6.45, 7) is -0.192. The van der Waals surface area contributed by atoms with E-state index in [0.717, 1.165) is 16.4 Å². The first-order chi connectivity index (χ1) is 11.0. The van der Waals surface area contributed by atoms with Crippen LogP contribution in [0.5, 0.6) is 5.75 Å². The number of hydrogen-bond acceptors (Lipinski definition) is 4. The van der Waals surface area contributed by atoms with E-state index in [9.17, 15) is 26.4 Å². The Balaban J connectivity index is 2.74. The minimum atomic E-state index is -4.60. The number of carbonyl (C=O) groups is 1. The molecule has 0 unspecified atom stereocenters. The van der Waals surface area contributed by atoms with Gasteiger partial charge in [0.2, 0.25) is 10.0 Å². The molecular formula is C13H18F3N3O4S. The summed E-state index contributed by atoms with van der Waals surface area (Å²) in [7, 11) is 0.421. The van der Waals surface area contributed by atoms with Crippen LogP contribution in [0.1, 0.15) is 5.56 Å². The molecule has 0 radical (unpaired) electrons. The smallest absolute Gasteiger partial charge is 0.416 e. The summed E-state index contributed by atoms with van der Waals surface area (Å²) in [5, 5.41) is 4.47. The minimum Gasteiger partial charge on any atom is -0.497 e. The Bertz CT molecular complexity index is 690. The SMILES string of the molecule is COc1cc(NC(=O)NCCS(=O)(=O)N(C)C)cc(C(F)(F)F)c1. The number of halogens is 3. The number of benzene rings is 1. The van der Waals surface area contributed by atoms with Crippen LogP contribution in [0.15, 0.2) is 18.2 Å². The van der Waals surface area contributed by atoms with Gasteiger partial charge in [0, 0.05) is 32.4 Å². The molecule has 0 aliphatic rings. The van der Waals surface area contributed by atoms with Crippen LogP contribution >= 0.6 is 0 Å². The Kier molecular flexibility index (Phi) is 6.43. The van der Waals surface area contributed by atoms with Gasteiger partial charge in [-0.25, -0.2) is 17.5 Å². The number of rotatable bonds is 6. The van der Waals surface area contributed by atoms with Crippen molar-refractivity contribution in [3.8, 4) is 5.75 Å². The third kappa shape index (κ3) is 5.89. The van der Waals surface area contributed by atoms with Crippen molar-refractivity contribution in [3.05, 3.63) is 23.8 Å². The van der Waals surface area contributed by atoms with Crippen molar-refractivity contribution in [2.45, 2.75) is 6.18 Å². The second kappa shape index (κ2) is 7.71. The number of nitrogens with one attached hydrogen (secondary N) is 2. The highest BCUT2D eigenvalue weighted by molar-refractivity contribution is 7.89. The number of urea groups is 1. The number of hydrogen-bond donors (Lipinski definition) is 2. The van der Waals surface area contributed by atoms with Gasteiger partial charge < -0.3 is 15.4 Å². The Hall–Kier alpha value is -2.01. The maximum Gasteiger partial charge on any atom is 0.416 e. The molecule has 0 spiro atoms. The van der Waals surface area contributed by atoms with Gasteiger partial charge in [0.15, 0.2) is 0 Å². The highest BCUT2D eigenvalue weighted by Crippen LogP contribution is 2.34. The maximum absolute atomic E-state index is 12.8. The molecule has 1 aromatic carbocycles. The third-order valence-corrected chi connectivity index (χ3v) is 4.76. The lowest BCUT2D eigenvalue weighted by atomic mass is 10.2. The monoisotopic (exact) mass is 369 g/mol. The quantitative estimate of drug-likeness (QED) is 0.799. The molecule has 0 saturated carbocycles. The molecule has 2 amide bonds. The molecule has 7 nitrogen and oxygen atoms in total. The summed E-state index contributed by atoms with van der Waals surface area (Å²) in [5.74, 6) is -0.408. The third-order valence-electron chi connectivity index (χ3n) is 2.93. The van der Waals surface area contributed by atoms with E-state index < -0.39 is 27.8 Å². The van der Waals surface area contributed by atoms with Crippen molar-refractivity contribution in [2.75, 3.05) is 38.8 Å². The van der Waals surface area contributed by atoms with E-state index in [2.05, 4.69) is 10.6 Å². The molecule has 1 rings (SSSR count). The molecule has 0 saturated heterocycles. The first-order valence-corrected chi connectivity index (χ1v) is 8.28. The average molecular weight is 369 g/mol. The second-order valence-electron chi connectivity index (χ2n) is 4.93. The van der Waals surface area contributed by atoms with Gasteiger partial charge in [-0.05, 0) is 12.1 Å². The highest BCUT2D eigenvalue weighted by Gasteiger charge is 2.31. The number of amides is 2. The van der Waals surface area contributed by atoms with Crippen LogP contribution in [0.25, 0.3) is 0 Å². The molecule has 0 aliphatic carbocycles. The number of methoxy groups -OCH3 is 1. The Morgan fingerprint density at radius 1 is 1.25 bits per heavy atom. The lowest BCUT2D eigenvalue weighted by Gasteiger charge is -2.14. The van der Waals surface area contributed by atoms with Gasteiger partial charge in [0.25, 0.3) is 0 Å². The van der Waals surface area contributed by atoms with Crippen LogP contribution in [-0.2, 0) is 16.2 Å². The van der Waals surface area contributed by atoms with Gasteiger partial charge in [-0.15, -0.1) is 0 Å². The number of sulfonamides is 1. The molecule has 0 aliphatic heterocycles. The molecule has 2 N–H and O–H groups in total. The van der Waals surface area contributed by atoms with E-state index in [4.69, 9.17) is 4.74 Å². The van der Waals surface area contributed by atoms with E-state index in [0.29, 0.717) is 0 Å². The van der Waals surface area contributed by atoms with E-state index in [1.54, 1.807) is 0 Å². The van der Waals surface area contributed by atoms with Crippen molar-refractivity contribution in [1.29, 1.82) is 0 Å². The van der Waals surface area contributed by atoms with Crippen molar-refractivity contribution in [3.63, 3.8) is 0 Å². The fourth-order valence-electron chi connectivity index (χ4n) is 1.60. The normalized spacial score (nSPS) is 12.1. The molecule has 136 valence electrons. The number of alkyl halides is 3. The maximum atomic E-state index is 12.8. The zero-order valence-corrected chi connectivity index (χ0v) is 14.1. The lowest BCUT2D eigenvalue weighted by molar-refractivity contribution is -0.137. The molecule has 1 aromatic rings. The average Bonchev–Trinajstić information content (AvgIpc) is 2.45. The predicted octanol–water partition coefficient (Wildman–Crippen LogP) is 1.73. The van der Waals surface area contributed by atoms with Crippen LogP contribution in [0.4, 0.5) is 23.7 Å². The van der Waals surface area contributed by atoms with Gasteiger partial charge in [-0.1, -0.05) is 0 Å². The largest absolute Gasteiger partial charge is 0.497 e. The van der Waals surface area contributed by atoms with Crippen molar-refractivity contribution < 1.29 is 31.1 Å². The number of nitrogens with zero attached hydrogens (tertiary/aromatic N) is 1. The summed E-state index contributed by atoms with van der Waals surface area (Å²) in [6, 6.07) is 1.93. The van der Waals surface area contributed by atoms with Gasteiger partial charge >= 0.3 is 12.2 Å². The van der Waals surface area contributed by atoms with Crippen molar-refractivity contribution in [1.82, 2.24) is 9.62 Å².